The maximum atomic E-state index is 12.7. The van der Waals surface area contributed by atoms with Crippen molar-refractivity contribution in [1.29, 1.82) is 0 Å². The van der Waals surface area contributed by atoms with E-state index in [1.807, 2.05) is 12.1 Å². The lowest BCUT2D eigenvalue weighted by Gasteiger charge is -2.45. The van der Waals surface area contributed by atoms with Gasteiger partial charge in [-0.05, 0) is 12.1 Å². The normalized spacial score (nSPS) is 17.6. The van der Waals surface area contributed by atoms with Crippen LogP contribution in [0.4, 0.5) is 0 Å². The van der Waals surface area contributed by atoms with E-state index in [2.05, 4.69) is 5.32 Å². The van der Waals surface area contributed by atoms with E-state index in [0.717, 1.165) is 18.7 Å². The number of hydroxylamine groups is 3. The Labute approximate surface area is 119 Å². The van der Waals surface area contributed by atoms with Gasteiger partial charge >= 0.3 is 0 Å². The molecule has 1 aromatic carbocycles. The van der Waals surface area contributed by atoms with E-state index < -0.39 is 0 Å². The Bertz CT molecular complexity index is 459. The lowest BCUT2D eigenvalue weighted by molar-refractivity contribution is -0.895. The largest absolute Gasteiger partial charge is 0.632 e. The van der Waals surface area contributed by atoms with Crippen molar-refractivity contribution < 1.29 is 18.9 Å². The molecule has 1 aromatic rings. The number of nitrogens with zero attached hydrogens (tertiary/aromatic N) is 1. The van der Waals surface area contributed by atoms with E-state index in [9.17, 15) is 5.21 Å². The maximum absolute atomic E-state index is 12.7. The molecule has 0 saturated carbocycles. The van der Waals surface area contributed by atoms with Crippen LogP contribution in [0.2, 0.25) is 0 Å². The molecule has 1 heterocycles. The third-order valence-electron chi connectivity index (χ3n) is 3.64. The van der Waals surface area contributed by atoms with Gasteiger partial charge in [0.2, 0.25) is 5.75 Å². The summed E-state index contributed by atoms with van der Waals surface area (Å²) in [7, 11) is 4.72. The van der Waals surface area contributed by atoms with Gasteiger partial charge < -0.3 is 29.4 Å². The van der Waals surface area contributed by atoms with Crippen molar-refractivity contribution in [3.63, 3.8) is 0 Å². The monoisotopic (exact) mass is 282 g/mol. The van der Waals surface area contributed by atoms with Crippen molar-refractivity contribution in [2.75, 3.05) is 47.5 Å². The van der Waals surface area contributed by atoms with Crippen molar-refractivity contribution in [2.45, 2.75) is 6.54 Å². The van der Waals surface area contributed by atoms with Crippen LogP contribution in [0.3, 0.4) is 0 Å². The molecule has 0 amide bonds. The minimum atomic E-state index is -0.237. The molecule has 0 bridgehead atoms. The molecule has 0 spiro atoms. The first kappa shape index (κ1) is 14.9. The average Bonchev–Trinajstić information content (AvgIpc) is 2.47. The number of benzene rings is 1. The van der Waals surface area contributed by atoms with E-state index in [4.69, 9.17) is 14.2 Å². The van der Waals surface area contributed by atoms with Gasteiger partial charge in [-0.1, -0.05) is 0 Å². The van der Waals surface area contributed by atoms with Gasteiger partial charge in [-0.25, -0.2) is 0 Å². The highest BCUT2D eigenvalue weighted by atomic mass is 16.5. The summed E-state index contributed by atoms with van der Waals surface area (Å²) in [6, 6.07) is 3.69. The molecule has 1 saturated heterocycles. The number of hydrogen-bond acceptors (Lipinski definition) is 5. The summed E-state index contributed by atoms with van der Waals surface area (Å²) in [6.45, 7) is 3.01. The zero-order chi connectivity index (χ0) is 14.6. The summed E-state index contributed by atoms with van der Waals surface area (Å²) in [5.74, 6) is 1.72. The molecule has 1 aliphatic rings. The number of nitrogens with one attached hydrogen (secondary N) is 1. The molecular formula is C14H22N2O4. The molecule has 6 heteroatoms. The Kier molecular flexibility index (Phi) is 4.69. The first-order valence-electron chi connectivity index (χ1n) is 6.69. The average molecular weight is 282 g/mol. The molecule has 0 atom stereocenters. The third-order valence-corrected chi connectivity index (χ3v) is 3.64. The van der Waals surface area contributed by atoms with Crippen molar-refractivity contribution in [3.8, 4) is 17.2 Å². The number of hydrogen-bond donors (Lipinski definition) is 1. The molecule has 0 aromatic heterocycles. The molecule has 1 N–H and O–H groups in total. The summed E-state index contributed by atoms with van der Waals surface area (Å²) in [6.07, 6.45) is 0. The molecule has 0 radical (unpaired) electrons. The van der Waals surface area contributed by atoms with E-state index in [0.29, 0.717) is 36.9 Å². The van der Waals surface area contributed by atoms with E-state index in [1.165, 1.54) is 0 Å². The van der Waals surface area contributed by atoms with Crippen molar-refractivity contribution in [3.05, 3.63) is 22.9 Å². The minimum absolute atomic E-state index is 0.237. The van der Waals surface area contributed by atoms with Gasteiger partial charge in [0.05, 0.1) is 40.0 Å². The van der Waals surface area contributed by atoms with Gasteiger partial charge in [0, 0.05) is 13.1 Å². The number of piperazine rings is 1. The Balaban J connectivity index is 2.31. The molecule has 1 aliphatic heterocycles. The lowest BCUT2D eigenvalue weighted by atomic mass is 10.1. The Morgan fingerprint density at radius 3 is 2.25 bits per heavy atom. The van der Waals surface area contributed by atoms with Crippen LogP contribution in [-0.2, 0) is 6.54 Å². The van der Waals surface area contributed by atoms with Gasteiger partial charge in [-0.2, -0.15) is 0 Å². The third kappa shape index (κ3) is 2.98. The van der Waals surface area contributed by atoms with Crippen LogP contribution in [0.25, 0.3) is 0 Å². The number of ether oxygens (including phenoxy) is 3. The van der Waals surface area contributed by atoms with Crippen molar-refractivity contribution in [1.82, 2.24) is 5.32 Å². The van der Waals surface area contributed by atoms with Crippen LogP contribution >= 0.6 is 0 Å². The van der Waals surface area contributed by atoms with Gasteiger partial charge in [-0.15, -0.1) is 0 Å². The van der Waals surface area contributed by atoms with Crippen LogP contribution in [-0.4, -0.2) is 52.2 Å². The van der Waals surface area contributed by atoms with E-state index in [1.54, 1.807) is 21.3 Å². The van der Waals surface area contributed by atoms with Crippen LogP contribution in [0, 0.1) is 5.21 Å². The summed E-state index contributed by atoms with van der Waals surface area (Å²) >= 11 is 0. The van der Waals surface area contributed by atoms with Crippen molar-refractivity contribution in [2.24, 2.45) is 0 Å². The Morgan fingerprint density at radius 2 is 1.70 bits per heavy atom. The fourth-order valence-electron chi connectivity index (χ4n) is 2.56. The van der Waals surface area contributed by atoms with Crippen LogP contribution in [0.15, 0.2) is 12.1 Å². The molecule has 1 fully saturated rings. The smallest absolute Gasteiger partial charge is 0.203 e. The number of rotatable bonds is 5. The topological polar surface area (TPSA) is 62.8 Å². The van der Waals surface area contributed by atoms with Crippen LogP contribution < -0.4 is 19.5 Å². The van der Waals surface area contributed by atoms with Gasteiger partial charge in [0.25, 0.3) is 0 Å². The predicted octanol–water partition coefficient (Wildman–Crippen LogP) is 1.13. The second-order valence-corrected chi connectivity index (χ2v) is 4.91. The van der Waals surface area contributed by atoms with Gasteiger partial charge in [0.1, 0.15) is 6.54 Å². The predicted molar refractivity (Wildman–Crippen MR) is 76.0 cm³/mol. The summed E-state index contributed by atoms with van der Waals surface area (Å²) < 4.78 is 15.8. The second kappa shape index (κ2) is 6.30. The Hall–Kier alpha value is -1.50. The minimum Gasteiger partial charge on any atom is -0.632 e. The summed E-state index contributed by atoms with van der Waals surface area (Å²) in [5.41, 5.74) is 0.849. The molecule has 6 nitrogen and oxygen atoms in total. The highest BCUT2D eigenvalue weighted by Gasteiger charge is 2.25. The van der Waals surface area contributed by atoms with E-state index in [-0.39, 0.29) is 4.65 Å². The zero-order valence-corrected chi connectivity index (χ0v) is 12.3. The standard InChI is InChI=1S/C14H22N2O4/c1-18-12-5-4-11(13(19-2)14(12)20-3)10-16(17)8-6-15-7-9-16/h4-5,15H,6-10H2,1-3H3. The lowest BCUT2D eigenvalue weighted by Crippen LogP contribution is -2.54. The quantitative estimate of drug-likeness (QED) is 0.648. The SMILES string of the molecule is COc1ccc(C[N+]2([O-])CCNCC2)c(OC)c1OC. The highest BCUT2D eigenvalue weighted by molar-refractivity contribution is 5.55. The molecule has 20 heavy (non-hydrogen) atoms. The Morgan fingerprint density at radius 1 is 1.05 bits per heavy atom. The highest BCUT2D eigenvalue weighted by Crippen LogP contribution is 2.40. The maximum Gasteiger partial charge on any atom is 0.203 e. The van der Waals surface area contributed by atoms with Gasteiger partial charge in [0.15, 0.2) is 11.5 Å². The van der Waals surface area contributed by atoms with Crippen molar-refractivity contribution >= 4 is 0 Å². The first-order chi connectivity index (χ1) is 9.63. The first-order valence-corrected chi connectivity index (χ1v) is 6.69. The van der Waals surface area contributed by atoms with E-state index >= 15 is 0 Å². The molecule has 0 aliphatic carbocycles. The van der Waals surface area contributed by atoms with Gasteiger partial charge in [-0.3, -0.25) is 0 Å². The molecule has 0 unspecified atom stereocenters. The second-order valence-electron chi connectivity index (χ2n) is 4.91. The number of quaternary nitrogens is 1. The molecule has 112 valence electrons. The summed E-state index contributed by atoms with van der Waals surface area (Å²) in [4.78, 5) is 0. The van der Waals surface area contributed by atoms with Crippen LogP contribution in [0.5, 0.6) is 17.2 Å². The fraction of sp³-hybridized carbons (Fsp3) is 0.571. The molecule has 2 rings (SSSR count). The van der Waals surface area contributed by atoms with Crippen LogP contribution in [0.1, 0.15) is 5.56 Å². The fourth-order valence-corrected chi connectivity index (χ4v) is 2.56. The summed E-state index contributed by atoms with van der Waals surface area (Å²) in [5, 5.41) is 15.9. The number of methoxy groups -OCH3 is 3. The molecular weight excluding hydrogens is 260 g/mol. The zero-order valence-electron chi connectivity index (χ0n) is 12.3.